The van der Waals surface area contributed by atoms with E-state index in [0.29, 0.717) is 11.6 Å². The van der Waals surface area contributed by atoms with Gasteiger partial charge in [0.2, 0.25) is 0 Å². The minimum atomic E-state index is -0.513. The van der Waals surface area contributed by atoms with E-state index in [4.69, 9.17) is 11.6 Å². The summed E-state index contributed by atoms with van der Waals surface area (Å²) >= 11 is 12.1. The van der Waals surface area contributed by atoms with Crippen LogP contribution in [0.4, 0.5) is 14.5 Å². The molecule has 2 rings (SSSR count). The SMILES string of the molecule is Fc1cc(NCc2ccc(Cl)c(Br)c2)c(F)cc1Br. The first kappa shape index (κ1) is 14.8. The monoisotopic (exact) mass is 409 g/mol. The lowest BCUT2D eigenvalue weighted by Crippen LogP contribution is -2.02. The zero-order valence-electron chi connectivity index (χ0n) is 9.48. The van der Waals surface area contributed by atoms with Crippen LogP contribution < -0.4 is 5.32 Å². The first-order valence-electron chi connectivity index (χ1n) is 5.29. The van der Waals surface area contributed by atoms with Gasteiger partial charge in [-0.3, -0.25) is 0 Å². The Morgan fingerprint density at radius 3 is 2.42 bits per heavy atom. The maximum Gasteiger partial charge on any atom is 0.147 e. The van der Waals surface area contributed by atoms with Crippen molar-refractivity contribution in [2.75, 3.05) is 5.32 Å². The molecule has 0 unspecified atom stereocenters. The van der Waals surface area contributed by atoms with Gasteiger partial charge in [0.05, 0.1) is 15.2 Å². The molecular weight excluding hydrogens is 403 g/mol. The van der Waals surface area contributed by atoms with E-state index in [0.717, 1.165) is 22.2 Å². The molecule has 0 aliphatic rings. The van der Waals surface area contributed by atoms with Crippen LogP contribution >= 0.6 is 43.5 Å². The molecule has 6 heteroatoms. The average molecular weight is 411 g/mol. The first-order chi connectivity index (χ1) is 8.97. The fourth-order valence-electron chi connectivity index (χ4n) is 1.50. The molecule has 0 radical (unpaired) electrons. The summed E-state index contributed by atoms with van der Waals surface area (Å²) in [6.45, 7) is 0.369. The Kier molecular flexibility index (Phi) is 4.81. The molecule has 0 amide bonds. The number of halogens is 5. The van der Waals surface area contributed by atoms with Crippen LogP contribution in [0.2, 0.25) is 5.02 Å². The molecule has 0 fully saturated rings. The molecule has 0 spiro atoms. The standard InChI is InChI=1S/C13H8Br2ClF2N/c14-8-3-7(1-2-10(8)16)6-19-13-5-11(17)9(15)4-12(13)18/h1-5,19H,6H2. The molecule has 0 atom stereocenters. The van der Waals surface area contributed by atoms with Crippen LogP contribution in [0.15, 0.2) is 39.3 Å². The summed E-state index contributed by atoms with van der Waals surface area (Å²) in [7, 11) is 0. The van der Waals surface area contributed by atoms with Gasteiger partial charge in [0.15, 0.2) is 0 Å². The Balaban J connectivity index is 2.14. The largest absolute Gasteiger partial charge is 0.379 e. The van der Waals surface area contributed by atoms with E-state index >= 15 is 0 Å². The van der Waals surface area contributed by atoms with Crippen molar-refractivity contribution in [1.29, 1.82) is 0 Å². The first-order valence-corrected chi connectivity index (χ1v) is 7.26. The molecule has 0 aliphatic carbocycles. The number of hydrogen-bond acceptors (Lipinski definition) is 1. The highest BCUT2D eigenvalue weighted by Crippen LogP contribution is 2.26. The van der Waals surface area contributed by atoms with Gasteiger partial charge >= 0.3 is 0 Å². The quantitative estimate of drug-likeness (QED) is 0.634. The third kappa shape index (κ3) is 3.68. The van der Waals surface area contributed by atoms with Crippen LogP contribution in [-0.4, -0.2) is 0 Å². The zero-order valence-corrected chi connectivity index (χ0v) is 13.4. The lowest BCUT2D eigenvalue weighted by Gasteiger charge is -2.09. The second-order valence-corrected chi connectivity index (χ2v) is 5.96. The van der Waals surface area contributed by atoms with Crippen LogP contribution in [0.3, 0.4) is 0 Å². The van der Waals surface area contributed by atoms with E-state index in [2.05, 4.69) is 37.2 Å². The molecule has 2 aromatic rings. The summed E-state index contributed by atoms with van der Waals surface area (Å²) in [6.07, 6.45) is 0. The number of rotatable bonds is 3. The zero-order chi connectivity index (χ0) is 14.0. The van der Waals surface area contributed by atoms with Crippen LogP contribution in [0.1, 0.15) is 5.56 Å². The Hall–Kier alpha value is -0.650. The van der Waals surface area contributed by atoms with E-state index in [-0.39, 0.29) is 10.2 Å². The fraction of sp³-hybridized carbons (Fsp3) is 0.0769. The van der Waals surface area contributed by atoms with Crippen molar-refractivity contribution in [3.8, 4) is 0 Å². The highest BCUT2D eigenvalue weighted by molar-refractivity contribution is 9.10. The number of anilines is 1. The van der Waals surface area contributed by atoms with Gasteiger partial charge in [0.25, 0.3) is 0 Å². The van der Waals surface area contributed by atoms with Crippen molar-refractivity contribution < 1.29 is 8.78 Å². The molecular formula is C13H8Br2ClF2N. The van der Waals surface area contributed by atoms with Gasteiger partial charge < -0.3 is 5.32 Å². The van der Waals surface area contributed by atoms with Crippen molar-refractivity contribution in [3.05, 3.63) is 61.5 Å². The summed E-state index contributed by atoms with van der Waals surface area (Å²) in [4.78, 5) is 0. The molecule has 0 heterocycles. The Labute approximate surface area is 131 Å². The van der Waals surface area contributed by atoms with Gasteiger partial charge in [-0.05, 0) is 55.6 Å². The van der Waals surface area contributed by atoms with Crippen LogP contribution in [-0.2, 0) is 6.54 Å². The highest BCUT2D eigenvalue weighted by Gasteiger charge is 2.08. The minimum absolute atomic E-state index is 0.102. The molecule has 0 aliphatic heterocycles. The van der Waals surface area contributed by atoms with E-state index < -0.39 is 11.6 Å². The van der Waals surface area contributed by atoms with Crippen molar-refractivity contribution in [1.82, 2.24) is 0 Å². The average Bonchev–Trinajstić information content (AvgIpc) is 2.36. The normalized spacial score (nSPS) is 10.6. The minimum Gasteiger partial charge on any atom is -0.379 e. The maximum atomic E-state index is 13.6. The molecule has 0 aromatic heterocycles. The summed E-state index contributed by atoms with van der Waals surface area (Å²) in [5, 5.41) is 3.45. The Bertz CT molecular complexity index is 620. The number of benzene rings is 2. The van der Waals surface area contributed by atoms with Crippen LogP contribution in [0.5, 0.6) is 0 Å². The predicted octanol–water partition coefficient (Wildman–Crippen LogP) is 5.76. The second-order valence-electron chi connectivity index (χ2n) is 3.85. The molecule has 2 aromatic carbocycles. The number of nitrogens with one attached hydrogen (secondary N) is 1. The maximum absolute atomic E-state index is 13.6. The summed E-state index contributed by atoms with van der Waals surface area (Å²) in [5.41, 5.74) is 1.02. The summed E-state index contributed by atoms with van der Waals surface area (Å²) < 4.78 is 27.8. The van der Waals surface area contributed by atoms with E-state index in [1.54, 1.807) is 6.07 Å². The molecule has 0 bridgehead atoms. The molecule has 100 valence electrons. The fourth-order valence-corrected chi connectivity index (χ4v) is 2.36. The van der Waals surface area contributed by atoms with Gasteiger partial charge in [-0.25, -0.2) is 8.78 Å². The molecule has 1 nitrogen and oxygen atoms in total. The molecule has 19 heavy (non-hydrogen) atoms. The van der Waals surface area contributed by atoms with Gasteiger partial charge in [0.1, 0.15) is 11.6 Å². The van der Waals surface area contributed by atoms with Gasteiger partial charge in [-0.15, -0.1) is 0 Å². The second kappa shape index (κ2) is 6.20. The van der Waals surface area contributed by atoms with Crippen molar-refractivity contribution >= 4 is 49.1 Å². The smallest absolute Gasteiger partial charge is 0.147 e. The van der Waals surface area contributed by atoms with Gasteiger partial charge in [0, 0.05) is 17.1 Å². The third-order valence-corrected chi connectivity index (χ3v) is 4.30. The summed E-state index contributed by atoms with van der Waals surface area (Å²) in [5.74, 6) is -1.03. The van der Waals surface area contributed by atoms with E-state index in [1.807, 2.05) is 12.1 Å². The lowest BCUT2D eigenvalue weighted by atomic mass is 10.2. The van der Waals surface area contributed by atoms with Gasteiger partial charge in [-0.2, -0.15) is 0 Å². The molecule has 1 N–H and O–H groups in total. The van der Waals surface area contributed by atoms with E-state index in [1.165, 1.54) is 0 Å². The third-order valence-electron chi connectivity index (χ3n) is 2.48. The molecule has 0 saturated carbocycles. The summed E-state index contributed by atoms with van der Waals surface area (Å²) in [6, 6.07) is 7.58. The van der Waals surface area contributed by atoms with Crippen molar-refractivity contribution in [2.45, 2.75) is 6.54 Å². The Morgan fingerprint density at radius 2 is 1.74 bits per heavy atom. The molecule has 0 saturated heterocycles. The van der Waals surface area contributed by atoms with Crippen molar-refractivity contribution in [3.63, 3.8) is 0 Å². The predicted molar refractivity (Wildman–Crippen MR) is 80.5 cm³/mol. The van der Waals surface area contributed by atoms with Crippen LogP contribution in [0, 0.1) is 11.6 Å². The van der Waals surface area contributed by atoms with E-state index in [9.17, 15) is 8.78 Å². The highest BCUT2D eigenvalue weighted by atomic mass is 79.9. The number of hydrogen-bond donors (Lipinski definition) is 1. The van der Waals surface area contributed by atoms with Gasteiger partial charge in [-0.1, -0.05) is 17.7 Å². The van der Waals surface area contributed by atoms with Crippen LogP contribution in [0.25, 0.3) is 0 Å². The lowest BCUT2D eigenvalue weighted by molar-refractivity contribution is 0.596. The Morgan fingerprint density at radius 1 is 1.00 bits per heavy atom. The topological polar surface area (TPSA) is 12.0 Å². The van der Waals surface area contributed by atoms with Crippen molar-refractivity contribution in [2.24, 2.45) is 0 Å².